The Morgan fingerprint density at radius 2 is 1.92 bits per heavy atom. The molecule has 4 aromatic heterocycles. The summed E-state index contributed by atoms with van der Waals surface area (Å²) in [6.45, 7) is 7.85. The van der Waals surface area contributed by atoms with Crippen molar-refractivity contribution in [3.8, 4) is 11.3 Å². The van der Waals surface area contributed by atoms with Crippen molar-refractivity contribution >= 4 is 44.8 Å². The fourth-order valence-corrected chi connectivity index (χ4v) is 4.47. The number of aromatic nitrogens is 3. The van der Waals surface area contributed by atoms with Gasteiger partial charge in [0.25, 0.3) is 11.6 Å². The van der Waals surface area contributed by atoms with Crippen LogP contribution >= 0.6 is 22.7 Å². The maximum Gasteiger partial charge on any atom is 0.259 e. The second-order valence-electron chi connectivity index (χ2n) is 6.06. The van der Waals surface area contributed by atoms with E-state index in [1.165, 1.54) is 16.2 Å². The van der Waals surface area contributed by atoms with Crippen molar-refractivity contribution in [2.45, 2.75) is 27.7 Å². The van der Waals surface area contributed by atoms with Crippen molar-refractivity contribution in [3.05, 3.63) is 44.2 Å². The van der Waals surface area contributed by atoms with Crippen molar-refractivity contribution in [1.29, 1.82) is 0 Å². The number of fused-ring (bicyclic) bond motifs is 1. The van der Waals surface area contributed by atoms with E-state index in [0.29, 0.717) is 33.2 Å². The highest BCUT2D eigenvalue weighted by atomic mass is 32.1. The Labute approximate surface area is 157 Å². The number of nitrogens with one attached hydrogen (secondary N) is 1. The van der Waals surface area contributed by atoms with Crippen LogP contribution in [0.25, 0.3) is 22.4 Å². The van der Waals surface area contributed by atoms with Gasteiger partial charge in [-0.25, -0.2) is 9.97 Å². The van der Waals surface area contributed by atoms with Crippen LogP contribution in [-0.2, 0) is 0 Å². The van der Waals surface area contributed by atoms with Gasteiger partial charge in [-0.15, -0.1) is 22.7 Å². The van der Waals surface area contributed by atoms with Crippen LogP contribution in [0.3, 0.4) is 0 Å². The van der Waals surface area contributed by atoms with Gasteiger partial charge in [-0.05, 0) is 39.8 Å². The number of nitrogens with zero attached hydrogens (tertiary/aromatic N) is 3. The molecule has 0 bridgehead atoms. The van der Waals surface area contributed by atoms with Crippen LogP contribution in [0.1, 0.15) is 30.7 Å². The molecule has 8 heteroatoms. The summed E-state index contributed by atoms with van der Waals surface area (Å²) < 4.78 is 5.35. The van der Waals surface area contributed by atoms with Gasteiger partial charge in [0.15, 0.2) is 5.13 Å². The second-order valence-corrected chi connectivity index (χ2v) is 8.76. The number of amides is 1. The lowest BCUT2D eigenvalue weighted by molar-refractivity contribution is 0.102. The van der Waals surface area contributed by atoms with E-state index in [4.69, 9.17) is 4.52 Å². The zero-order valence-electron chi connectivity index (χ0n) is 14.7. The number of anilines is 1. The Morgan fingerprint density at radius 3 is 2.58 bits per heavy atom. The zero-order valence-corrected chi connectivity index (χ0v) is 16.3. The third-order valence-electron chi connectivity index (χ3n) is 4.02. The Bertz CT molecular complexity index is 1140. The molecular weight excluding hydrogens is 368 g/mol. The SMILES string of the molecule is Cc1cnc(NC(=O)c2cc(-c3cc(C)sc3C)nc3onc(C)c23)s1. The molecule has 0 unspecified atom stereocenters. The number of carbonyl (C=O) groups excluding carboxylic acids is 1. The number of thiazole rings is 1. The van der Waals surface area contributed by atoms with Crippen LogP contribution in [-0.4, -0.2) is 21.0 Å². The van der Waals surface area contributed by atoms with E-state index in [0.717, 1.165) is 15.3 Å². The molecule has 0 aromatic carbocycles. The molecule has 0 saturated heterocycles. The Balaban J connectivity index is 1.85. The number of carbonyl (C=O) groups is 1. The molecule has 0 atom stereocenters. The van der Waals surface area contributed by atoms with E-state index in [2.05, 4.69) is 33.4 Å². The minimum Gasteiger partial charge on any atom is -0.335 e. The van der Waals surface area contributed by atoms with Gasteiger partial charge in [0.05, 0.1) is 22.3 Å². The van der Waals surface area contributed by atoms with Crippen molar-refractivity contribution in [1.82, 2.24) is 15.1 Å². The topological polar surface area (TPSA) is 80.9 Å². The summed E-state index contributed by atoms with van der Waals surface area (Å²) in [5.41, 5.74) is 3.19. The first-order chi connectivity index (χ1) is 12.4. The second kappa shape index (κ2) is 6.30. The summed E-state index contributed by atoms with van der Waals surface area (Å²) in [6.07, 6.45) is 1.73. The maximum absolute atomic E-state index is 12.9. The largest absolute Gasteiger partial charge is 0.335 e. The highest BCUT2D eigenvalue weighted by Gasteiger charge is 2.21. The van der Waals surface area contributed by atoms with Crippen molar-refractivity contribution in [3.63, 3.8) is 0 Å². The molecule has 132 valence electrons. The predicted molar refractivity (Wildman–Crippen MR) is 104 cm³/mol. The van der Waals surface area contributed by atoms with Gasteiger partial charge in [-0.2, -0.15) is 0 Å². The summed E-state index contributed by atoms with van der Waals surface area (Å²) in [5.74, 6) is -0.246. The summed E-state index contributed by atoms with van der Waals surface area (Å²) in [6, 6.07) is 3.88. The number of thiophene rings is 1. The van der Waals surface area contributed by atoms with Gasteiger partial charge in [0, 0.05) is 26.4 Å². The third kappa shape index (κ3) is 2.91. The fraction of sp³-hybridized carbons (Fsp3) is 0.222. The molecule has 0 saturated carbocycles. The standard InChI is InChI=1S/C18H16N4O2S2/c1-8-5-12(11(4)25-8)14-6-13(15-10(3)22-24-17(15)20-14)16(23)21-18-19-7-9(2)26-18/h5-7H,1-4H3,(H,19,21,23). The van der Waals surface area contributed by atoms with Gasteiger partial charge in [-0.3, -0.25) is 10.1 Å². The average molecular weight is 384 g/mol. The predicted octanol–water partition coefficient (Wildman–Crippen LogP) is 4.89. The molecule has 1 amide bonds. The van der Waals surface area contributed by atoms with Crippen LogP contribution in [0, 0.1) is 27.7 Å². The lowest BCUT2D eigenvalue weighted by Gasteiger charge is -2.06. The van der Waals surface area contributed by atoms with Crippen molar-refractivity contribution in [2.75, 3.05) is 5.32 Å². The van der Waals surface area contributed by atoms with Gasteiger partial charge in [0.2, 0.25) is 0 Å². The van der Waals surface area contributed by atoms with Crippen molar-refractivity contribution < 1.29 is 9.32 Å². The first-order valence-corrected chi connectivity index (χ1v) is 9.64. The van der Waals surface area contributed by atoms with Crippen LogP contribution < -0.4 is 5.32 Å². The van der Waals surface area contributed by atoms with Gasteiger partial charge >= 0.3 is 0 Å². The smallest absolute Gasteiger partial charge is 0.259 e. The number of pyridine rings is 1. The van der Waals surface area contributed by atoms with Crippen LogP contribution in [0.2, 0.25) is 0 Å². The molecule has 0 aliphatic rings. The summed E-state index contributed by atoms with van der Waals surface area (Å²) >= 11 is 3.13. The molecule has 4 rings (SSSR count). The molecule has 26 heavy (non-hydrogen) atoms. The number of rotatable bonds is 3. The van der Waals surface area contributed by atoms with Gasteiger partial charge < -0.3 is 4.52 Å². The van der Waals surface area contributed by atoms with E-state index in [1.807, 2.05) is 13.8 Å². The molecule has 0 aliphatic heterocycles. The highest BCUT2D eigenvalue weighted by molar-refractivity contribution is 7.15. The van der Waals surface area contributed by atoms with E-state index in [1.54, 1.807) is 30.5 Å². The lowest BCUT2D eigenvalue weighted by Crippen LogP contribution is -2.13. The molecule has 4 aromatic rings. The van der Waals surface area contributed by atoms with Crippen LogP contribution in [0.5, 0.6) is 0 Å². The monoisotopic (exact) mass is 384 g/mol. The molecule has 6 nitrogen and oxygen atoms in total. The summed E-state index contributed by atoms with van der Waals surface area (Å²) in [4.78, 5) is 25.1. The molecular formula is C18H16N4O2S2. The molecule has 0 aliphatic carbocycles. The van der Waals surface area contributed by atoms with E-state index in [9.17, 15) is 4.79 Å². The Hall–Kier alpha value is -2.58. The van der Waals surface area contributed by atoms with E-state index < -0.39 is 0 Å². The quantitative estimate of drug-likeness (QED) is 0.544. The van der Waals surface area contributed by atoms with Crippen molar-refractivity contribution in [2.24, 2.45) is 0 Å². The van der Waals surface area contributed by atoms with Crippen LogP contribution in [0.15, 0.2) is 22.9 Å². The lowest BCUT2D eigenvalue weighted by atomic mass is 10.1. The minimum atomic E-state index is -0.246. The maximum atomic E-state index is 12.9. The van der Waals surface area contributed by atoms with Crippen LogP contribution in [0.4, 0.5) is 5.13 Å². The molecule has 0 radical (unpaired) electrons. The van der Waals surface area contributed by atoms with E-state index in [-0.39, 0.29) is 5.91 Å². The zero-order chi connectivity index (χ0) is 18.4. The molecule has 1 N–H and O–H groups in total. The van der Waals surface area contributed by atoms with Gasteiger partial charge in [-0.1, -0.05) is 5.16 Å². The number of aryl methyl sites for hydroxylation is 4. The fourth-order valence-electron chi connectivity index (χ4n) is 2.87. The first kappa shape index (κ1) is 16.9. The summed E-state index contributed by atoms with van der Waals surface area (Å²) in [5, 5.41) is 8.04. The first-order valence-electron chi connectivity index (χ1n) is 8.00. The molecule has 4 heterocycles. The Kier molecular flexibility index (Phi) is 4.08. The highest BCUT2D eigenvalue weighted by Crippen LogP contribution is 2.33. The minimum absolute atomic E-state index is 0.246. The molecule has 0 spiro atoms. The normalized spacial score (nSPS) is 11.2. The molecule has 0 fully saturated rings. The van der Waals surface area contributed by atoms with E-state index >= 15 is 0 Å². The summed E-state index contributed by atoms with van der Waals surface area (Å²) in [7, 11) is 0. The average Bonchev–Trinajstić information content (AvgIpc) is 3.26. The Morgan fingerprint density at radius 1 is 1.12 bits per heavy atom. The van der Waals surface area contributed by atoms with Gasteiger partial charge in [0.1, 0.15) is 0 Å². The third-order valence-corrected chi connectivity index (χ3v) is 5.81. The number of hydrogen-bond donors (Lipinski definition) is 1. The number of hydrogen-bond acceptors (Lipinski definition) is 7.